The Morgan fingerprint density at radius 3 is 2.15 bits per heavy atom. The van der Waals surface area contributed by atoms with Crippen LogP contribution in [0.25, 0.3) is 0 Å². The minimum atomic E-state index is -0.637. The lowest BCUT2D eigenvalue weighted by Crippen LogP contribution is -2.44. The van der Waals surface area contributed by atoms with Crippen LogP contribution in [0.15, 0.2) is 54.6 Å². The molecule has 0 aliphatic carbocycles. The number of benzene rings is 2. The summed E-state index contributed by atoms with van der Waals surface area (Å²) in [5.41, 5.74) is 8.87. The molecule has 0 spiro atoms. The van der Waals surface area contributed by atoms with E-state index in [-0.39, 0.29) is 30.0 Å². The van der Waals surface area contributed by atoms with Gasteiger partial charge in [-0.25, -0.2) is 0 Å². The maximum atomic E-state index is 12.6. The van der Waals surface area contributed by atoms with Crippen LogP contribution in [0.5, 0.6) is 0 Å². The van der Waals surface area contributed by atoms with Crippen molar-refractivity contribution in [3.05, 3.63) is 71.3 Å². The fourth-order valence-electron chi connectivity index (χ4n) is 3.31. The van der Waals surface area contributed by atoms with E-state index in [4.69, 9.17) is 5.73 Å². The molecule has 0 saturated carbocycles. The van der Waals surface area contributed by atoms with Crippen molar-refractivity contribution in [1.29, 1.82) is 0 Å². The molecule has 3 rings (SSSR count). The van der Waals surface area contributed by atoms with Gasteiger partial charge in [0, 0.05) is 24.6 Å². The molecule has 1 aliphatic heterocycles. The topological polar surface area (TPSA) is 63.4 Å². The Kier molecular flexibility index (Phi) is 6.95. The lowest BCUT2D eigenvalue weighted by atomic mass is 9.88. The molecule has 26 heavy (non-hydrogen) atoms. The fraction of sp³-hybridized carbons (Fsp3) is 0.333. The van der Waals surface area contributed by atoms with Crippen molar-refractivity contribution in [2.24, 2.45) is 11.7 Å². The van der Waals surface area contributed by atoms with Gasteiger partial charge in [-0.1, -0.05) is 60.2 Å². The van der Waals surface area contributed by atoms with E-state index in [2.05, 4.69) is 0 Å². The molecule has 1 heterocycles. The van der Waals surface area contributed by atoms with Crippen LogP contribution in [0.3, 0.4) is 0 Å². The molecule has 2 aromatic carbocycles. The normalized spacial score (nSPS) is 15.8. The van der Waals surface area contributed by atoms with Gasteiger partial charge in [-0.15, -0.1) is 12.4 Å². The molecule has 4 nitrogen and oxygen atoms in total. The van der Waals surface area contributed by atoms with Crippen LogP contribution in [-0.4, -0.2) is 29.7 Å². The predicted octanol–water partition coefficient (Wildman–Crippen LogP) is 3.54. The maximum Gasteiger partial charge on any atom is 0.244 e. The smallest absolute Gasteiger partial charge is 0.244 e. The maximum absolute atomic E-state index is 12.6. The Morgan fingerprint density at radius 2 is 1.58 bits per heavy atom. The molecular formula is C21H25ClN2O2. The molecule has 1 fully saturated rings. The zero-order valence-electron chi connectivity index (χ0n) is 14.9. The highest BCUT2D eigenvalue weighted by atomic mass is 35.5. The van der Waals surface area contributed by atoms with Crippen LogP contribution in [0.4, 0.5) is 0 Å². The van der Waals surface area contributed by atoms with Gasteiger partial charge >= 0.3 is 0 Å². The number of halogens is 1. The first-order chi connectivity index (χ1) is 12.1. The number of hydrogen-bond donors (Lipinski definition) is 1. The number of nitrogens with two attached hydrogens (primary N) is 1. The molecule has 5 heteroatoms. The molecule has 0 aromatic heterocycles. The van der Waals surface area contributed by atoms with Crippen molar-refractivity contribution in [1.82, 2.24) is 4.90 Å². The molecule has 0 bridgehead atoms. The standard InChI is InChI=1S/C21H24N2O2.ClH/c1-15-7-9-16(10-8-15)19(22)21(25)23-13-11-18(12-14-23)20(24)17-5-3-2-4-6-17;/h2-10,18-19H,11-14,22H2,1H3;1H. The van der Waals surface area contributed by atoms with Crippen molar-refractivity contribution in [2.45, 2.75) is 25.8 Å². The third-order valence-electron chi connectivity index (χ3n) is 4.94. The Hall–Kier alpha value is -2.17. The van der Waals surface area contributed by atoms with E-state index in [1.807, 2.05) is 61.5 Å². The minimum Gasteiger partial charge on any atom is -0.341 e. The Labute approximate surface area is 160 Å². The monoisotopic (exact) mass is 372 g/mol. The van der Waals surface area contributed by atoms with Crippen molar-refractivity contribution < 1.29 is 9.59 Å². The van der Waals surface area contributed by atoms with E-state index in [0.29, 0.717) is 25.9 Å². The lowest BCUT2D eigenvalue weighted by Gasteiger charge is -2.33. The van der Waals surface area contributed by atoms with Crippen LogP contribution in [-0.2, 0) is 4.79 Å². The summed E-state index contributed by atoms with van der Waals surface area (Å²) in [7, 11) is 0. The lowest BCUT2D eigenvalue weighted by molar-refractivity contribution is -0.134. The number of hydrogen-bond acceptors (Lipinski definition) is 3. The minimum absolute atomic E-state index is 0. The van der Waals surface area contributed by atoms with E-state index in [1.54, 1.807) is 4.90 Å². The number of aryl methyl sites for hydroxylation is 1. The van der Waals surface area contributed by atoms with Gasteiger partial charge in [0.25, 0.3) is 0 Å². The van der Waals surface area contributed by atoms with Crippen molar-refractivity contribution in [3.8, 4) is 0 Å². The summed E-state index contributed by atoms with van der Waals surface area (Å²) in [6, 6.07) is 16.5. The second-order valence-electron chi connectivity index (χ2n) is 6.72. The molecule has 2 N–H and O–H groups in total. The van der Waals surface area contributed by atoms with Crippen molar-refractivity contribution in [2.75, 3.05) is 13.1 Å². The molecule has 1 aliphatic rings. The SMILES string of the molecule is Cc1ccc(C(N)C(=O)N2CCC(C(=O)c3ccccc3)CC2)cc1.Cl. The highest BCUT2D eigenvalue weighted by molar-refractivity contribution is 5.98. The number of ketones is 1. The molecule has 1 saturated heterocycles. The highest BCUT2D eigenvalue weighted by Crippen LogP contribution is 2.24. The summed E-state index contributed by atoms with van der Waals surface area (Å²) >= 11 is 0. The molecule has 0 radical (unpaired) electrons. The molecule has 2 aromatic rings. The van der Waals surface area contributed by atoms with Gasteiger partial charge in [0.05, 0.1) is 0 Å². The van der Waals surface area contributed by atoms with Crippen molar-refractivity contribution in [3.63, 3.8) is 0 Å². The summed E-state index contributed by atoms with van der Waals surface area (Å²) in [5.74, 6) is 0.104. The number of carbonyl (C=O) groups excluding carboxylic acids is 2. The number of carbonyl (C=O) groups is 2. The van der Waals surface area contributed by atoms with Gasteiger partial charge in [-0.3, -0.25) is 9.59 Å². The van der Waals surface area contributed by atoms with E-state index in [9.17, 15) is 9.59 Å². The zero-order chi connectivity index (χ0) is 17.8. The number of rotatable bonds is 4. The quantitative estimate of drug-likeness (QED) is 0.835. The van der Waals surface area contributed by atoms with E-state index in [0.717, 1.165) is 16.7 Å². The first-order valence-electron chi connectivity index (χ1n) is 8.76. The number of Topliss-reactive ketones (excluding diaryl/α,β-unsaturated/α-hetero) is 1. The Morgan fingerprint density at radius 1 is 1.00 bits per heavy atom. The summed E-state index contributed by atoms with van der Waals surface area (Å²) < 4.78 is 0. The highest BCUT2D eigenvalue weighted by Gasteiger charge is 2.30. The Bertz CT molecular complexity index is 738. The molecule has 1 atom stereocenters. The van der Waals surface area contributed by atoms with Crippen molar-refractivity contribution >= 4 is 24.1 Å². The van der Waals surface area contributed by atoms with Gasteiger partial charge in [-0.2, -0.15) is 0 Å². The molecule has 1 unspecified atom stereocenters. The van der Waals surface area contributed by atoms with Gasteiger partial charge < -0.3 is 10.6 Å². The Balaban J connectivity index is 0.00000243. The van der Waals surface area contributed by atoms with Crippen LogP contribution >= 0.6 is 12.4 Å². The van der Waals surface area contributed by atoms with Crippen LogP contribution in [0.2, 0.25) is 0 Å². The molecule has 1 amide bonds. The van der Waals surface area contributed by atoms with Crippen LogP contribution in [0, 0.1) is 12.8 Å². The number of piperidine rings is 1. The summed E-state index contributed by atoms with van der Waals surface area (Å²) in [6.45, 7) is 3.18. The average Bonchev–Trinajstić information content (AvgIpc) is 2.67. The predicted molar refractivity (Wildman–Crippen MR) is 105 cm³/mol. The first kappa shape index (κ1) is 20.1. The summed E-state index contributed by atoms with van der Waals surface area (Å²) in [5, 5.41) is 0. The van der Waals surface area contributed by atoms with E-state index >= 15 is 0 Å². The van der Waals surface area contributed by atoms with Crippen LogP contribution in [0.1, 0.15) is 40.4 Å². The second kappa shape index (κ2) is 8.97. The first-order valence-corrected chi connectivity index (χ1v) is 8.76. The van der Waals surface area contributed by atoms with Gasteiger partial charge in [0.2, 0.25) is 5.91 Å². The van der Waals surface area contributed by atoms with E-state index in [1.165, 1.54) is 0 Å². The number of likely N-dealkylation sites (tertiary alicyclic amines) is 1. The third kappa shape index (κ3) is 4.51. The van der Waals surface area contributed by atoms with Crippen LogP contribution < -0.4 is 5.73 Å². The van der Waals surface area contributed by atoms with Gasteiger partial charge in [0.15, 0.2) is 5.78 Å². The fourth-order valence-corrected chi connectivity index (χ4v) is 3.31. The molecule has 138 valence electrons. The third-order valence-corrected chi connectivity index (χ3v) is 4.94. The second-order valence-corrected chi connectivity index (χ2v) is 6.72. The summed E-state index contributed by atoms with van der Waals surface area (Å²) in [6.07, 6.45) is 1.39. The van der Waals surface area contributed by atoms with E-state index < -0.39 is 6.04 Å². The molecular weight excluding hydrogens is 348 g/mol. The van der Waals surface area contributed by atoms with Gasteiger partial charge in [0.1, 0.15) is 6.04 Å². The average molecular weight is 373 g/mol. The largest absolute Gasteiger partial charge is 0.341 e. The number of nitrogens with zero attached hydrogens (tertiary/aromatic N) is 1. The van der Waals surface area contributed by atoms with Gasteiger partial charge in [-0.05, 0) is 25.3 Å². The zero-order valence-corrected chi connectivity index (χ0v) is 15.7. The number of amides is 1. The summed E-state index contributed by atoms with van der Waals surface area (Å²) in [4.78, 5) is 27.0.